The standard InChI is InChI=1S/C28H34N2/c1-5-29(6-2)25-15-16-28(30(7-3)8-4)24(20-25)17-21-13-14-23-19-22-11-9-10-12-26(22)27(23)18-21/h9-16,18,20H,5-8,17,19H2,1-4H3. The number of benzene rings is 3. The number of nitrogens with zero attached hydrogens (tertiary/aromatic N) is 2. The van der Waals surface area contributed by atoms with E-state index in [2.05, 4.69) is 98.2 Å². The van der Waals surface area contributed by atoms with Gasteiger partial charge in [0.2, 0.25) is 0 Å². The molecule has 0 amide bonds. The van der Waals surface area contributed by atoms with Gasteiger partial charge in [-0.2, -0.15) is 0 Å². The lowest BCUT2D eigenvalue weighted by atomic mass is 9.97. The molecule has 0 radical (unpaired) electrons. The van der Waals surface area contributed by atoms with E-state index in [4.69, 9.17) is 0 Å². The quantitative estimate of drug-likeness (QED) is 0.332. The highest BCUT2D eigenvalue weighted by atomic mass is 15.1. The summed E-state index contributed by atoms with van der Waals surface area (Å²) in [6.07, 6.45) is 2.03. The third-order valence-corrected chi connectivity index (χ3v) is 6.55. The third kappa shape index (κ3) is 3.84. The van der Waals surface area contributed by atoms with E-state index in [9.17, 15) is 0 Å². The molecule has 1 aliphatic carbocycles. The molecule has 1 aliphatic rings. The zero-order valence-corrected chi connectivity index (χ0v) is 18.9. The molecule has 0 unspecified atom stereocenters. The van der Waals surface area contributed by atoms with E-state index in [1.807, 2.05) is 0 Å². The lowest BCUT2D eigenvalue weighted by molar-refractivity contribution is 0.848. The highest BCUT2D eigenvalue weighted by Gasteiger charge is 2.19. The summed E-state index contributed by atoms with van der Waals surface area (Å²) in [4.78, 5) is 4.92. The summed E-state index contributed by atoms with van der Waals surface area (Å²) >= 11 is 0. The van der Waals surface area contributed by atoms with E-state index in [1.54, 1.807) is 0 Å². The minimum atomic E-state index is 0.969. The van der Waals surface area contributed by atoms with E-state index in [0.717, 1.165) is 39.0 Å². The monoisotopic (exact) mass is 398 g/mol. The van der Waals surface area contributed by atoms with Crippen LogP contribution in [0.15, 0.2) is 60.7 Å². The van der Waals surface area contributed by atoms with Gasteiger partial charge in [0.05, 0.1) is 0 Å². The number of hydrogen-bond donors (Lipinski definition) is 0. The van der Waals surface area contributed by atoms with Crippen molar-refractivity contribution in [1.82, 2.24) is 0 Å². The van der Waals surface area contributed by atoms with Crippen molar-refractivity contribution in [3.63, 3.8) is 0 Å². The normalized spacial score (nSPS) is 11.9. The molecule has 0 saturated heterocycles. The molecule has 0 saturated carbocycles. The average molecular weight is 399 g/mol. The molecular formula is C28H34N2. The van der Waals surface area contributed by atoms with Gasteiger partial charge in [-0.3, -0.25) is 0 Å². The van der Waals surface area contributed by atoms with Crippen molar-refractivity contribution in [2.45, 2.75) is 40.5 Å². The van der Waals surface area contributed by atoms with Crippen molar-refractivity contribution in [2.75, 3.05) is 36.0 Å². The van der Waals surface area contributed by atoms with Gasteiger partial charge in [-0.05, 0) is 92.1 Å². The van der Waals surface area contributed by atoms with E-state index < -0.39 is 0 Å². The number of anilines is 2. The topological polar surface area (TPSA) is 6.48 Å². The van der Waals surface area contributed by atoms with Crippen molar-refractivity contribution < 1.29 is 0 Å². The van der Waals surface area contributed by atoms with Crippen molar-refractivity contribution in [2.24, 2.45) is 0 Å². The Hall–Kier alpha value is -2.74. The fourth-order valence-corrected chi connectivity index (χ4v) is 4.87. The largest absolute Gasteiger partial charge is 0.372 e. The Morgan fingerprint density at radius 2 is 1.37 bits per heavy atom. The summed E-state index contributed by atoms with van der Waals surface area (Å²) in [5.74, 6) is 0. The maximum absolute atomic E-state index is 2.48. The summed E-state index contributed by atoms with van der Waals surface area (Å²) in [6, 6.07) is 23.0. The second kappa shape index (κ2) is 8.95. The summed E-state index contributed by atoms with van der Waals surface area (Å²) in [7, 11) is 0. The van der Waals surface area contributed by atoms with Crippen molar-refractivity contribution in [1.29, 1.82) is 0 Å². The minimum Gasteiger partial charge on any atom is -0.372 e. The second-order valence-corrected chi connectivity index (χ2v) is 8.16. The molecule has 0 N–H and O–H groups in total. The van der Waals surface area contributed by atoms with Gasteiger partial charge in [-0.15, -0.1) is 0 Å². The molecule has 2 nitrogen and oxygen atoms in total. The first kappa shape index (κ1) is 20.5. The van der Waals surface area contributed by atoms with Crippen LogP contribution in [0.3, 0.4) is 0 Å². The third-order valence-electron chi connectivity index (χ3n) is 6.55. The van der Waals surface area contributed by atoms with Crippen LogP contribution in [-0.4, -0.2) is 26.2 Å². The molecule has 3 aromatic carbocycles. The average Bonchev–Trinajstić information content (AvgIpc) is 3.15. The predicted molar refractivity (Wildman–Crippen MR) is 131 cm³/mol. The van der Waals surface area contributed by atoms with E-state index in [1.165, 1.54) is 44.8 Å². The van der Waals surface area contributed by atoms with Crippen molar-refractivity contribution >= 4 is 11.4 Å². The van der Waals surface area contributed by atoms with Crippen molar-refractivity contribution in [3.8, 4) is 11.1 Å². The van der Waals surface area contributed by atoms with E-state index >= 15 is 0 Å². The highest BCUT2D eigenvalue weighted by molar-refractivity contribution is 5.77. The Kier molecular flexibility index (Phi) is 6.13. The molecule has 156 valence electrons. The van der Waals surface area contributed by atoms with E-state index in [0.29, 0.717) is 0 Å². The summed E-state index contributed by atoms with van der Waals surface area (Å²) < 4.78 is 0. The zero-order chi connectivity index (χ0) is 21.1. The zero-order valence-electron chi connectivity index (χ0n) is 18.9. The van der Waals surface area contributed by atoms with Crippen LogP contribution in [-0.2, 0) is 12.8 Å². The molecular weight excluding hydrogens is 364 g/mol. The summed E-state index contributed by atoms with van der Waals surface area (Å²) in [5.41, 5.74) is 11.3. The SMILES string of the molecule is CCN(CC)c1ccc(N(CC)CC)c(Cc2ccc3c(c2)-c2ccccc2C3)c1. The minimum absolute atomic E-state index is 0.969. The Bertz CT molecular complexity index is 1010. The lowest BCUT2D eigenvalue weighted by Crippen LogP contribution is -2.25. The molecule has 0 spiro atoms. The van der Waals surface area contributed by atoms with Gasteiger partial charge >= 0.3 is 0 Å². The smallest absolute Gasteiger partial charge is 0.0403 e. The first-order valence-corrected chi connectivity index (χ1v) is 11.5. The van der Waals surface area contributed by atoms with Gasteiger partial charge in [0.1, 0.15) is 0 Å². The fourth-order valence-electron chi connectivity index (χ4n) is 4.87. The Labute approximate surface area is 182 Å². The molecule has 0 aliphatic heterocycles. The Morgan fingerprint density at radius 3 is 2.10 bits per heavy atom. The molecule has 3 aromatic rings. The molecule has 0 bridgehead atoms. The number of fused-ring (bicyclic) bond motifs is 3. The highest BCUT2D eigenvalue weighted by Crippen LogP contribution is 2.38. The van der Waals surface area contributed by atoms with Gasteiger partial charge in [-0.25, -0.2) is 0 Å². The van der Waals surface area contributed by atoms with Gasteiger partial charge in [0, 0.05) is 37.6 Å². The van der Waals surface area contributed by atoms with Gasteiger partial charge < -0.3 is 9.80 Å². The molecule has 4 rings (SSSR count). The van der Waals surface area contributed by atoms with Crippen LogP contribution < -0.4 is 9.80 Å². The van der Waals surface area contributed by atoms with Crippen molar-refractivity contribution in [3.05, 3.63) is 82.9 Å². The first-order chi connectivity index (χ1) is 14.7. The predicted octanol–water partition coefficient (Wildman–Crippen LogP) is 6.54. The lowest BCUT2D eigenvalue weighted by Gasteiger charge is -2.27. The summed E-state index contributed by atoms with van der Waals surface area (Å²) in [6.45, 7) is 13.1. The van der Waals surface area contributed by atoms with Crippen LogP contribution in [0.4, 0.5) is 11.4 Å². The number of hydrogen-bond acceptors (Lipinski definition) is 2. The Morgan fingerprint density at radius 1 is 0.667 bits per heavy atom. The van der Waals surface area contributed by atoms with E-state index in [-0.39, 0.29) is 0 Å². The molecule has 0 heterocycles. The first-order valence-electron chi connectivity index (χ1n) is 11.5. The maximum Gasteiger partial charge on any atom is 0.0403 e. The molecule has 0 fully saturated rings. The maximum atomic E-state index is 2.48. The van der Waals surface area contributed by atoms with Crippen LogP contribution in [0, 0.1) is 0 Å². The Balaban J connectivity index is 1.72. The fraction of sp³-hybridized carbons (Fsp3) is 0.357. The summed E-state index contributed by atoms with van der Waals surface area (Å²) in [5, 5.41) is 0. The molecule has 2 heteroatoms. The number of rotatable bonds is 8. The van der Waals surface area contributed by atoms with Crippen LogP contribution >= 0.6 is 0 Å². The molecule has 0 aromatic heterocycles. The van der Waals surface area contributed by atoms with Gasteiger partial charge in [0.25, 0.3) is 0 Å². The second-order valence-electron chi connectivity index (χ2n) is 8.16. The van der Waals surface area contributed by atoms with Crippen LogP contribution in [0.2, 0.25) is 0 Å². The van der Waals surface area contributed by atoms with Gasteiger partial charge in [0.15, 0.2) is 0 Å². The van der Waals surface area contributed by atoms with Gasteiger partial charge in [-0.1, -0.05) is 42.5 Å². The molecule has 0 atom stereocenters. The molecule has 30 heavy (non-hydrogen) atoms. The van der Waals surface area contributed by atoms with Crippen LogP contribution in [0.25, 0.3) is 11.1 Å². The van der Waals surface area contributed by atoms with Crippen LogP contribution in [0.1, 0.15) is 49.9 Å². The van der Waals surface area contributed by atoms with Crippen LogP contribution in [0.5, 0.6) is 0 Å².